The number of anilines is 1. The topological polar surface area (TPSA) is 104 Å². The van der Waals surface area contributed by atoms with Gasteiger partial charge in [-0.15, -0.1) is 0 Å². The van der Waals surface area contributed by atoms with Gasteiger partial charge >= 0.3 is 5.97 Å². The maximum Gasteiger partial charge on any atom is 0.307 e. The zero-order chi connectivity index (χ0) is 18.7. The van der Waals surface area contributed by atoms with Crippen molar-refractivity contribution in [3.05, 3.63) is 34.4 Å². The molecule has 2 aliphatic rings. The molecule has 1 heterocycles. The first kappa shape index (κ1) is 18.2. The summed E-state index contributed by atoms with van der Waals surface area (Å²) in [7, 11) is 0. The van der Waals surface area contributed by atoms with Gasteiger partial charge in [0.15, 0.2) is 0 Å². The molecule has 3 rings (SSSR count). The summed E-state index contributed by atoms with van der Waals surface area (Å²) in [5.74, 6) is -1.89. The van der Waals surface area contributed by atoms with E-state index in [2.05, 4.69) is 4.90 Å². The summed E-state index contributed by atoms with van der Waals surface area (Å²) in [6, 6.07) is 6.40. The number of carboxylic acids is 1. The molecule has 2 fully saturated rings. The summed E-state index contributed by atoms with van der Waals surface area (Å²) in [6.45, 7) is 2.35. The van der Waals surface area contributed by atoms with Gasteiger partial charge in [0.2, 0.25) is 5.91 Å². The van der Waals surface area contributed by atoms with Crippen LogP contribution in [0.15, 0.2) is 24.3 Å². The van der Waals surface area contributed by atoms with Crippen LogP contribution in [0.4, 0.5) is 11.4 Å². The molecule has 1 aromatic rings. The molecule has 0 spiro atoms. The van der Waals surface area contributed by atoms with Gasteiger partial charge in [-0.3, -0.25) is 19.7 Å². The van der Waals surface area contributed by atoms with Gasteiger partial charge in [0.1, 0.15) is 0 Å². The smallest absolute Gasteiger partial charge is 0.307 e. The Labute approximate surface area is 151 Å². The molecule has 1 aliphatic carbocycles. The summed E-state index contributed by atoms with van der Waals surface area (Å²) in [5.41, 5.74) is 0.948. The second kappa shape index (κ2) is 7.72. The van der Waals surface area contributed by atoms with Crippen LogP contribution in [-0.4, -0.2) is 53.0 Å². The first-order valence-electron chi connectivity index (χ1n) is 8.98. The van der Waals surface area contributed by atoms with Gasteiger partial charge in [-0.25, -0.2) is 0 Å². The number of nitrogens with zero attached hydrogens (tertiary/aromatic N) is 3. The van der Waals surface area contributed by atoms with E-state index in [1.165, 1.54) is 12.1 Å². The van der Waals surface area contributed by atoms with Crippen molar-refractivity contribution in [1.82, 2.24) is 4.90 Å². The van der Waals surface area contributed by atoms with Crippen molar-refractivity contribution in [3.63, 3.8) is 0 Å². The third kappa shape index (κ3) is 3.79. The Morgan fingerprint density at radius 1 is 1.00 bits per heavy atom. The van der Waals surface area contributed by atoms with Crippen LogP contribution in [0, 0.1) is 22.0 Å². The van der Waals surface area contributed by atoms with E-state index in [1.807, 2.05) is 0 Å². The fourth-order valence-corrected chi connectivity index (χ4v) is 3.93. The summed E-state index contributed by atoms with van der Waals surface area (Å²) in [5, 5.41) is 20.1. The molecule has 140 valence electrons. The maximum atomic E-state index is 12.8. The van der Waals surface area contributed by atoms with E-state index in [0.29, 0.717) is 39.0 Å². The van der Waals surface area contributed by atoms with Crippen molar-refractivity contribution in [3.8, 4) is 0 Å². The highest BCUT2D eigenvalue weighted by Crippen LogP contribution is 2.32. The Kier molecular flexibility index (Phi) is 5.39. The molecule has 1 aliphatic heterocycles. The van der Waals surface area contributed by atoms with E-state index in [0.717, 1.165) is 18.5 Å². The number of nitro groups is 1. The third-order valence-electron chi connectivity index (χ3n) is 5.42. The number of aliphatic carboxylic acids is 1. The van der Waals surface area contributed by atoms with Crippen LogP contribution in [0.1, 0.15) is 25.7 Å². The number of non-ortho nitro benzene ring substituents is 1. The largest absolute Gasteiger partial charge is 0.481 e. The standard InChI is InChI=1S/C18H23N3O5/c22-17(15-3-1-2-4-16(15)18(23)24)20-11-9-19(10-12-20)13-5-7-14(8-6-13)21(25)26/h5-8,15-16H,1-4,9-12H2,(H,23,24). The Morgan fingerprint density at radius 3 is 2.12 bits per heavy atom. The Balaban J connectivity index is 1.59. The second-order valence-electron chi connectivity index (χ2n) is 6.92. The van der Waals surface area contributed by atoms with Crippen molar-refractivity contribution in [2.24, 2.45) is 11.8 Å². The van der Waals surface area contributed by atoms with E-state index in [1.54, 1.807) is 17.0 Å². The van der Waals surface area contributed by atoms with Crippen LogP contribution in [0.3, 0.4) is 0 Å². The van der Waals surface area contributed by atoms with E-state index in [-0.39, 0.29) is 11.6 Å². The lowest BCUT2D eigenvalue weighted by Crippen LogP contribution is -2.52. The van der Waals surface area contributed by atoms with Crippen LogP contribution >= 0.6 is 0 Å². The summed E-state index contributed by atoms with van der Waals surface area (Å²) in [4.78, 5) is 38.4. The van der Waals surface area contributed by atoms with Crippen molar-refractivity contribution in [1.29, 1.82) is 0 Å². The van der Waals surface area contributed by atoms with Crippen molar-refractivity contribution in [2.45, 2.75) is 25.7 Å². The predicted molar refractivity (Wildman–Crippen MR) is 95.0 cm³/mol. The van der Waals surface area contributed by atoms with Gasteiger partial charge in [0.05, 0.1) is 16.8 Å². The number of carboxylic acid groups (broad SMARTS) is 1. The molecule has 1 amide bonds. The van der Waals surface area contributed by atoms with Crippen molar-refractivity contribution < 1.29 is 19.6 Å². The highest BCUT2D eigenvalue weighted by atomic mass is 16.6. The molecule has 0 aromatic heterocycles. The van der Waals surface area contributed by atoms with Gasteiger partial charge < -0.3 is 14.9 Å². The molecule has 0 bridgehead atoms. The molecule has 1 saturated carbocycles. The van der Waals surface area contributed by atoms with Gasteiger partial charge in [0, 0.05) is 44.0 Å². The summed E-state index contributed by atoms with van der Waals surface area (Å²) >= 11 is 0. The van der Waals surface area contributed by atoms with Crippen LogP contribution < -0.4 is 4.90 Å². The molecule has 8 nitrogen and oxygen atoms in total. The van der Waals surface area contributed by atoms with E-state index < -0.39 is 22.7 Å². The van der Waals surface area contributed by atoms with Crippen molar-refractivity contribution in [2.75, 3.05) is 31.1 Å². The fourth-order valence-electron chi connectivity index (χ4n) is 3.93. The Hall–Kier alpha value is -2.64. The lowest BCUT2D eigenvalue weighted by molar-refractivity contribution is -0.384. The summed E-state index contributed by atoms with van der Waals surface area (Å²) in [6.07, 6.45) is 3.00. The number of rotatable bonds is 4. The minimum absolute atomic E-state index is 0.0413. The molecule has 1 saturated heterocycles. The number of hydrogen-bond donors (Lipinski definition) is 1. The monoisotopic (exact) mass is 361 g/mol. The highest BCUT2D eigenvalue weighted by molar-refractivity contribution is 5.85. The van der Waals surface area contributed by atoms with Crippen LogP contribution in [-0.2, 0) is 9.59 Å². The van der Waals surface area contributed by atoms with Gasteiger partial charge in [-0.1, -0.05) is 12.8 Å². The van der Waals surface area contributed by atoms with Crippen LogP contribution in [0.2, 0.25) is 0 Å². The summed E-state index contributed by atoms with van der Waals surface area (Å²) < 4.78 is 0. The minimum Gasteiger partial charge on any atom is -0.481 e. The Morgan fingerprint density at radius 2 is 1.58 bits per heavy atom. The first-order chi connectivity index (χ1) is 12.5. The van der Waals surface area contributed by atoms with E-state index >= 15 is 0 Å². The first-order valence-corrected chi connectivity index (χ1v) is 8.98. The third-order valence-corrected chi connectivity index (χ3v) is 5.42. The predicted octanol–water partition coefficient (Wildman–Crippen LogP) is 2.13. The molecular weight excluding hydrogens is 338 g/mol. The number of amides is 1. The molecule has 8 heteroatoms. The average Bonchev–Trinajstić information content (AvgIpc) is 2.67. The van der Waals surface area contributed by atoms with Crippen molar-refractivity contribution >= 4 is 23.3 Å². The van der Waals surface area contributed by atoms with Gasteiger partial charge in [-0.05, 0) is 25.0 Å². The molecule has 1 N–H and O–H groups in total. The number of hydrogen-bond acceptors (Lipinski definition) is 5. The number of nitro benzene ring substituents is 1. The molecule has 26 heavy (non-hydrogen) atoms. The minimum atomic E-state index is -0.868. The van der Waals surface area contributed by atoms with E-state index in [4.69, 9.17) is 0 Å². The zero-order valence-electron chi connectivity index (χ0n) is 14.5. The zero-order valence-corrected chi connectivity index (χ0v) is 14.5. The number of carbonyl (C=O) groups excluding carboxylic acids is 1. The molecule has 2 unspecified atom stereocenters. The van der Waals surface area contributed by atoms with Gasteiger partial charge in [-0.2, -0.15) is 0 Å². The normalized spacial score (nSPS) is 23.5. The number of piperazine rings is 1. The lowest BCUT2D eigenvalue weighted by atomic mass is 9.78. The lowest BCUT2D eigenvalue weighted by Gasteiger charge is -2.39. The second-order valence-corrected chi connectivity index (χ2v) is 6.92. The number of benzene rings is 1. The Bertz CT molecular complexity index is 683. The number of carbonyl (C=O) groups is 2. The van der Waals surface area contributed by atoms with Crippen LogP contribution in [0.25, 0.3) is 0 Å². The highest BCUT2D eigenvalue weighted by Gasteiger charge is 2.38. The SMILES string of the molecule is O=C(O)C1CCCCC1C(=O)N1CCN(c2ccc([N+](=O)[O-])cc2)CC1. The average molecular weight is 361 g/mol. The van der Waals surface area contributed by atoms with Gasteiger partial charge in [0.25, 0.3) is 5.69 Å². The molecule has 2 atom stereocenters. The molecule has 0 radical (unpaired) electrons. The molecule has 1 aromatic carbocycles. The maximum absolute atomic E-state index is 12.8. The molecular formula is C18H23N3O5. The van der Waals surface area contributed by atoms with E-state index in [9.17, 15) is 24.8 Å². The quantitative estimate of drug-likeness (QED) is 0.651. The fraction of sp³-hybridized carbons (Fsp3) is 0.556. The van der Waals surface area contributed by atoms with Crippen LogP contribution in [0.5, 0.6) is 0 Å².